The molecule has 0 bridgehead atoms. The Morgan fingerprint density at radius 3 is 2.60 bits per heavy atom. The van der Waals surface area contributed by atoms with Gasteiger partial charge >= 0.3 is 0 Å². The molecule has 30 heavy (non-hydrogen) atoms. The summed E-state index contributed by atoms with van der Waals surface area (Å²) in [5.74, 6) is 0.649. The highest BCUT2D eigenvalue weighted by Gasteiger charge is 2.27. The molecule has 1 atom stereocenters. The molecule has 1 N–H and O–H groups in total. The molecule has 1 aliphatic carbocycles. The van der Waals surface area contributed by atoms with E-state index in [2.05, 4.69) is 10.4 Å². The molecule has 0 radical (unpaired) electrons. The Balaban J connectivity index is 1.52. The van der Waals surface area contributed by atoms with Crippen LogP contribution in [0.1, 0.15) is 37.4 Å². The Kier molecular flexibility index (Phi) is 4.43. The number of benzene rings is 1. The third kappa shape index (κ3) is 3.28. The van der Waals surface area contributed by atoms with Crippen molar-refractivity contribution in [2.75, 3.05) is 5.32 Å². The fraction of sp³-hybridized carbons (Fsp3) is 0.217. The van der Waals surface area contributed by atoms with Gasteiger partial charge in [0.05, 0.1) is 5.69 Å². The molecule has 1 aliphatic rings. The van der Waals surface area contributed by atoms with Crippen molar-refractivity contribution in [1.82, 2.24) is 19.2 Å². The molecular formula is C23H21N5O2. The zero-order valence-electron chi connectivity index (χ0n) is 16.5. The van der Waals surface area contributed by atoms with E-state index in [1.54, 1.807) is 13.0 Å². The number of amides is 1. The summed E-state index contributed by atoms with van der Waals surface area (Å²) in [4.78, 5) is 30.2. The van der Waals surface area contributed by atoms with Gasteiger partial charge in [-0.2, -0.15) is 5.10 Å². The number of aromatic nitrogens is 4. The van der Waals surface area contributed by atoms with Crippen LogP contribution in [0.4, 0.5) is 5.82 Å². The first kappa shape index (κ1) is 18.3. The number of nitrogens with zero attached hydrogens (tertiary/aromatic N) is 4. The number of carbonyl (C=O) groups is 1. The van der Waals surface area contributed by atoms with Crippen molar-refractivity contribution in [3.05, 3.63) is 82.9 Å². The highest BCUT2D eigenvalue weighted by Crippen LogP contribution is 2.38. The first-order valence-corrected chi connectivity index (χ1v) is 10.0. The summed E-state index contributed by atoms with van der Waals surface area (Å²) in [6, 6.07) is 17.9. The Hall–Kier alpha value is -3.74. The van der Waals surface area contributed by atoms with Crippen LogP contribution in [-0.4, -0.2) is 25.1 Å². The topological polar surface area (TPSA) is 81.3 Å². The Morgan fingerprint density at radius 1 is 1.07 bits per heavy atom. The summed E-state index contributed by atoms with van der Waals surface area (Å²) in [5.41, 5.74) is 2.88. The van der Waals surface area contributed by atoms with Gasteiger partial charge in [0.25, 0.3) is 5.56 Å². The maximum absolute atomic E-state index is 13.1. The van der Waals surface area contributed by atoms with Crippen LogP contribution in [0.25, 0.3) is 16.9 Å². The normalized spacial score (nSPS) is 14.6. The quantitative estimate of drug-likeness (QED) is 0.556. The third-order valence-corrected chi connectivity index (χ3v) is 5.41. The molecule has 3 aromatic heterocycles. The van der Waals surface area contributed by atoms with Gasteiger partial charge in [-0.25, -0.2) is 9.67 Å². The van der Waals surface area contributed by atoms with E-state index >= 15 is 0 Å². The first-order valence-electron chi connectivity index (χ1n) is 10.0. The van der Waals surface area contributed by atoms with Crippen molar-refractivity contribution in [3.8, 4) is 11.3 Å². The molecule has 7 nitrogen and oxygen atoms in total. The Morgan fingerprint density at radius 2 is 1.83 bits per heavy atom. The predicted molar refractivity (Wildman–Crippen MR) is 114 cm³/mol. The molecule has 150 valence electrons. The summed E-state index contributed by atoms with van der Waals surface area (Å²) in [7, 11) is 0. The third-order valence-electron chi connectivity index (χ3n) is 5.41. The van der Waals surface area contributed by atoms with E-state index in [0.717, 1.165) is 29.7 Å². The van der Waals surface area contributed by atoms with Crippen LogP contribution in [-0.2, 0) is 4.79 Å². The van der Waals surface area contributed by atoms with Crippen molar-refractivity contribution < 1.29 is 4.79 Å². The molecule has 1 fully saturated rings. The maximum atomic E-state index is 13.1. The number of carbonyl (C=O) groups excluding carboxylic acids is 1. The molecule has 1 aromatic carbocycles. The molecule has 3 heterocycles. The van der Waals surface area contributed by atoms with Crippen molar-refractivity contribution in [3.63, 3.8) is 0 Å². The minimum atomic E-state index is -0.755. The zero-order valence-corrected chi connectivity index (χ0v) is 16.5. The van der Waals surface area contributed by atoms with Crippen molar-refractivity contribution in [2.45, 2.75) is 31.7 Å². The maximum Gasteiger partial charge on any atom is 0.267 e. The zero-order chi connectivity index (χ0) is 20.7. The lowest BCUT2D eigenvalue weighted by molar-refractivity contribution is -0.119. The van der Waals surface area contributed by atoms with Crippen LogP contribution < -0.4 is 10.9 Å². The number of pyridine rings is 1. The van der Waals surface area contributed by atoms with Crippen molar-refractivity contribution in [1.29, 1.82) is 0 Å². The largest absolute Gasteiger partial charge is 0.308 e. The van der Waals surface area contributed by atoms with Crippen LogP contribution >= 0.6 is 0 Å². The molecule has 1 unspecified atom stereocenters. The second-order valence-corrected chi connectivity index (χ2v) is 7.58. The van der Waals surface area contributed by atoms with Gasteiger partial charge in [0.1, 0.15) is 23.2 Å². The molecule has 1 amide bonds. The molecule has 0 spiro atoms. The highest BCUT2D eigenvalue weighted by atomic mass is 16.2. The summed E-state index contributed by atoms with van der Waals surface area (Å²) >= 11 is 0. The number of hydrogen-bond acceptors (Lipinski definition) is 4. The van der Waals surface area contributed by atoms with E-state index in [4.69, 9.17) is 4.98 Å². The van der Waals surface area contributed by atoms with E-state index in [1.165, 1.54) is 10.7 Å². The van der Waals surface area contributed by atoms with Gasteiger partial charge < -0.3 is 5.32 Å². The summed E-state index contributed by atoms with van der Waals surface area (Å²) in [5, 5.41) is 7.43. The highest BCUT2D eigenvalue weighted by molar-refractivity contribution is 5.96. The van der Waals surface area contributed by atoms with E-state index in [1.807, 2.05) is 59.1 Å². The molecule has 5 rings (SSSR count). The molecule has 0 aliphatic heterocycles. The standard InChI is InChI=1S/C23H21N5O2/c1-15(28-20(29)13-12-18(26-28)16-10-11-16)23(30)25-22-21(17-7-3-2-4-8-17)24-19-9-5-6-14-27(19)22/h2-9,12-16H,10-11H2,1H3,(H,25,30). The average molecular weight is 399 g/mol. The van der Waals surface area contributed by atoms with Crippen molar-refractivity contribution in [2.24, 2.45) is 0 Å². The van der Waals surface area contributed by atoms with Crippen molar-refractivity contribution >= 4 is 17.4 Å². The van der Waals surface area contributed by atoms with Gasteiger partial charge in [0.2, 0.25) is 5.91 Å². The number of hydrogen-bond donors (Lipinski definition) is 1. The molecule has 0 saturated heterocycles. The smallest absolute Gasteiger partial charge is 0.267 e. The minimum Gasteiger partial charge on any atom is -0.308 e. The molecule has 7 heteroatoms. The molecule has 1 saturated carbocycles. The van der Waals surface area contributed by atoms with Crippen LogP contribution in [0.15, 0.2) is 71.7 Å². The summed E-state index contributed by atoms with van der Waals surface area (Å²) < 4.78 is 3.11. The predicted octanol–water partition coefficient (Wildman–Crippen LogP) is 3.64. The lowest BCUT2D eigenvalue weighted by Crippen LogP contribution is -2.33. The van der Waals surface area contributed by atoms with Gasteiger partial charge in [0.15, 0.2) is 0 Å². The van der Waals surface area contributed by atoms with Gasteiger partial charge in [-0.05, 0) is 38.0 Å². The summed E-state index contributed by atoms with van der Waals surface area (Å²) in [6.45, 7) is 1.69. The summed E-state index contributed by atoms with van der Waals surface area (Å²) in [6.07, 6.45) is 4.01. The van der Waals surface area contributed by atoms with Crippen LogP contribution in [0, 0.1) is 0 Å². The minimum absolute atomic E-state index is 0.288. The first-order chi connectivity index (χ1) is 14.6. The van der Waals surface area contributed by atoms with Gasteiger partial charge in [-0.3, -0.25) is 14.0 Å². The number of fused-ring (bicyclic) bond motifs is 1. The van der Waals surface area contributed by atoms with Gasteiger partial charge in [-0.1, -0.05) is 36.4 Å². The van der Waals surface area contributed by atoms with E-state index in [9.17, 15) is 9.59 Å². The number of nitrogens with one attached hydrogen (secondary N) is 1. The number of imidazole rings is 1. The van der Waals surface area contributed by atoms with Crippen LogP contribution in [0.3, 0.4) is 0 Å². The molecular weight excluding hydrogens is 378 g/mol. The van der Waals surface area contributed by atoms with Crippen LogP contribution in [0.5, 0.6) is 0 Å². The fourth-order valence-corrected chi connectivity index (χ4v) is 3.56. The van der Waals surface area contributed by atoms with E-state index in [-0.39, 0.29) is 11.5 Å². The Bertz CT molecular complexity index is 1290. The van der Waals surface area contributed by atoms with Gasteiger partial charge in [0, 0.05) is 23.7 Å². The number of rotatable bonds is 5. The lowest BCUT2D eigenvalue weighted by atomic mass is 10.1. The monoisotopic (exact) mass is 399 g/mol. The number of anilines is 1. The average Bonchev–Trinajstić information content (AvgIpc) is 3.56. The van der Waals surface area contributed by atoms with E-state index < -0.39 is 6.04 Å². The van der Waals surface area contributed by atoms with Gasteiger partial charge in [-0.15, -0.1) is 0 Å². The second kappa shape index (κ2) is 7.26. The fourth-order valence-electron chi connectivity index (χ4n) is 3.56. The van der Waals surface area contributed by atoms with E-state index in [0.29, 0.717) is 17.4 Å². The van der Waals surface area contributed by atoms with Crippen LogP contribution in [0.2, 0.25) is 0 Å². The molecule has 4 aromatic rings. The lowest BCUT2D eigenvalue weighted by Gasteiger charge is -2.15. The SMILES string of the molecule is CC(C(=O)Nc1c(-c2ccccc2)nc2ccccn12)n1nc(C2CC2)ccc1=O. The second-order valence-electron chi connectivity index (χ2n) is 7.58. The Labute approximate surface area is 173 Å².